The number of aryl methyl sites for hydroxylation is 1. The van der Waals surface area contributed by atoms with Crippen molar-refractivity contribution in [2.75, 3.05) is 13.7 Å². The molecule has 0 aliphatic carbocycles. The highest BCUT2D eigenvalue weighted by Gasteiger charge is 2.23. The molecule has 0 spiro atoms. The standard InChI is InChI=1S/C16H24BrNO3/c1-5-7-14(16(19)20-6-2)21-15-11(3)8-13(17)9-12(15)10-18-4/h8-9,14,18H,5-7,10H2,1-4H3. The van der Waals surface area contributed by atoms with Crippen molar-refractivity contribution in [2.24, 2.45) is 0 Å². The first-order valence-electron chi connectivity index (χ1n) is 7.30. The molecule has 5 heteroatoms. The molecule has 0 aliphatic heterocycles. The number of benzene rings is 1. The highest BCUT2D eigenvalue weighted by molar-refractivity contribution is 9.10. The van der Waals surface area contributed by atoms with Crippen LogP contribution < -0.4 is 10.1 Å². The van der Waals surface area contributed by atoms with Crippen LogP contribution in [0.25, 0.3) is 0 Å². The first kappa shape index (κ1) is 18.0. The number of rotatable bonds is 8. The quantitative estimate of drug-likeness (QED) is 0.722. The molecule has 0 saturated carbocycles. The van der Waals surface area contributed by atoms with Crippen LogP contribution >= 0.6 is 15.9 Å². The monoisotopic (exact) mass is 357 g/mol. The summed E-state index contributed by atoms with van der Waals surface area (Å²) in [7, 11) is 1.88. The van der Waals surface area contributed by atoms with E-state index in [0.717, 1.165) is 27.8 Å². The molecule has 0 amide bonds. The number of halogens is 1. The maximum absolute atomic E-state index is 12.0. The molecular formula is C16H24BrNO3. The highest BCUT2D eigenvalue weighted by atomic mass is 79.9. The van der Waals surface area contributed by atoms with E-state index in [1.54, 1.807) is 6.92 Å². The molecule has 4 nitrogen and oxygen atoms in total. The van der Waals surface area contributed by atoms with Crippen molar-refractivity contribution in [1.29, 1.82) is 0 Å². The van der Waals surface area contributed by atoms with Crippen LogP contribution in [-0.4, -0.2) is 25.7 Å². The molecule has 1 rings (SSSR count). The van der Waals surface area contributed by atoms with Crippen molar-refractivity contribution in [2.45, 2.75) is 46.3 Å². The van der Waals surface area contributed by atoms with Gasteiger partial charge in [0.25, 0.3) is 0 Å². The third-order valence-corrected chi connectivity index (χ3v) is 3.50. The lowest BCUT2D eigenvalue weighted by molar-refractivity contribution is -0.151. The van der Waals surface area contributed by atoms with Crippen LogP contribution in [0.1, 0.15) is 37.8 Å². The molecule has 0 aliphatic rings. The van der Waals surface area contributed by atoms with Gasteiger partial charge < -0.3 is 14.8 Å². The second-order valence-corrected chi connectivity index (χ2v) is 5.80. The van der Waals surface area contributed by atoms with E-state index in [9.17, 15) is 4.79 Å². The third-order valence-electron chi connectivity index (χ3n) is 3.04. The summed E-state index contributed by atoms with van der Waals surface area (Å²) in [6.07, 6.45) is 0.957. The van der Waals surface area contributed by atoms with Crippen LogP contribution in [0.3, 0.4) is 0 Å². The van der Waals surface area contributed by atoms with Gasteiger partial charge in [0.2, 0.25) is 0 Å². The Hall–Kier alpha value is -1.07. The van der Waals surface area contributed by atoms with Crippen LogP contribution in [0.4, 0.5) is 0 Å². The summed E-state index contributed by atoms with van der Waals surface area (Å²) in [6.45, 7) is 6.85. The minimum atomic E-state index is -0.551. The van der Waals surface area contributed by atoms with E-state index < -0.39 is 6.10 Å². The Labute approximate surface area is 135 Å². The summed E-state index contributed by atoms with van der Waals surface area (Å²) in [5.41, 5.74) is 2.02. The van der Waals surface area contributed by atoms with Gasteiger partial charge in [-0.1, -0.05) is 29.3 Å². The molecule has 118 valence electrons. The number of hydrogen-bond acceptors (Lipinski definition) is 4. The zero-order valence-electron chi connectivity index (χ0n) is 13.2. The largest absolute Gasteiger partial charge is 0.478 e. The highest BCUT2D eigenvalue weighted by Crippen LogP contribution is 2.29. The smallest absolute Gasteiger partial charge is 0.347 e. The third kappa shape index (κ3) is 5.32. The number of esters is 1. The zero-order valence-corrected chi connectivity index (χ0v) is 14.7. The fraction of sp³-hybridized carbons (Fsp3) is 0.562. The predicted octanol–water partition coefficient (Wildman–Crippen LogP) is 3.59. The number of carbonyl (C=O) groups is 1. The topological polar surface area (TPSA) is 47.6 Å². The molecule has 0 bridgehead atoms. The van der Waals surface area contributed by atoms with E-state index in [1.807, 2.05) is 33.0 Å². The van der Waals surface area contributed by atoms with Crippen LogP contribution in [0.2, 0.25) is 0 Å². The Bertz CT molecular complexity index is 477. The SMILES string of the molecule is CCCC(Oc1c(C)cc(Br)cc1CNC)C(=O)OCC. The van der Waals surface area contributed by atoms with Gasteiger partial charge in [0.05, 0.1) is 6.61 Å². The van der Waals surface area contributed by atoms with Crippen molar-refractivity contribution in [3.63, 3.8) is 0 Å². The molecule has 1 unspecified atom stereocenters. The maximum Gasteiger partial charge on any atom is 0.347 e. The summed E-state index contributed by atoms with van der Waals surface area (Å²) in [6, 6.07) is 4.00. The first-order chi connectivity index (χ1) is 10.0. The molecule has 1 aromatic carbocycles. The van der Waals surface area contributed by atoms with Gasteiger partial charge in [-0.3, -0.25) is 0 Å². The lowest BCUT2D eigenvalue weighted by Gasteiger charge is -2.21. The van der Waals surface area contributed by atoms with E-state index in [2.05, 4.69) is 21.2 Å². The summed E-state index contributed by atoms with van der Waals surface area (Å²) < 4.78 is 12.1. The molecule has 0 heterocycles. The van der Waals surface area contributed by atoms with E-state index in [-0.39, 0.29) is 5.97 Å². The summed E-state index contributed by atoms with van der Waals surface area (Å²) in [5, 5.41) is 3.12. The Balaban J connectivity index is 3.04. The fourth-order valence-electron chi connectivity index (χ4n) is 2.15. The number of hydrogen-bond donors (Lipinski definition) is 1. The Morgan fingerprint density at radius 3 is 2.67 bits per heavy atom. The molecule has 1 N–H and O–H groups in total. The van der Waals surface area contributed by atoms with Gasteiger partial charge in [0.1, 0.15) is 5.75 Å². The molecule has 1 atom stereocenters. The summed E-state index contributed by atoms with van der Waals surface area (Å²) in [5.74, 6) is 0.469. The molecular weight excluding hydrogens is 334 g/mol. The van der Waals surface area contributed by atoms with E-state index >= 15 is 0 Å². The van der Waals surface area contributed by atoms with Crippen LogP contribution in [0.15, 0.2) is 16.6 Å². The lowest BCUT2D eigenvalue weighted by atomic mass is 10.1. The minimum Gasteiger partial charge on any atom is -0.478 e. The van der Waals surface area contributed by atoms with Crippen LogP contribution in [0.5, 0.6) is 5.75 Å². The maximum atomic E-state index is 12.0. The number of nitrogens with one attached hydrogen (secondary N) is 1. The zero-order chi connectivity index (χ0) is 15.8. The summed E-state index contributed by atoms with van der Waals surface area (Å²) in [4.78, 5) is 12.0. The Kier molecular flexibility index (Phi) is 7.75. The molecule has 0 radical (unpaired) electrons. The first-order valence-corrected chi connectivity index (χ1v) is 8.09. The van der Waals surface area contributed by atoms with Crippen molar-refractivity contribution >= 4 is 21.9 Å². The molecule has 21 heavy (non-hydrogen) atoms. The van der Waals surface area contributed by atoms with Crippen molar-refractivity contribution < 1.29 is 14.3 Å². The van der Waals surface area contributed by atoms with Gasteiger partial charge in [0, 0.05) is 16.6 Å². The van der Waals surface area contributed by atoms with Crippen molar-refractivity contribution in [3.8, 4) is 5.75 Å². The second-order valence-electron chi connectivity index (χ2n) is 4.89. The van der Waals surface area contributed by atoms with Crippen LogP contribution in [0, 0.1) is 6.92 Å². The van der Waals surface area contributed by atoms with Gasteiger partial charge in [-0.2, -0.15) is 0 Å². The molecule has 0 saturated heterocycles. The average molecular weight is 358 g/mol. The predicted molar refractivity (Wildman–Crippen MR) is 87.6 cm³/mol. The van der Waals surface area contributed by atoms with Gasteiger partial charge in [0.15, 0.2) is 6.10 Å². The normalized spacial score (nSPS) is 12.0. The Morgan fingerprint density at radius 1 is 1.38 bits per heavy atom. The molecule has 0 fully saturated rings. The van der Waals surface area contributed by atoms with Crippen molar-refractivity contribution in [3.05, 3.63) is 27.7 Å². The van der Waals surface area contributed by atoms with Gasteiger partial charge in [-0.15, -0.1) is 0 Å². The number of ether oxygens (including phenoxy) is 2. The van der Waals surface area contributed by atoms with Crippen molar-refractivity contribution in [1.82, 2.24) is 5.32 Å². The Morgan fingerprint density at radius 2 is 2.10 bits per heavy atom. The van der Waals surface area contributed by atoms with Gasteiger partial charge >= 0.3 is 5.97 Å². The van der Waals surface area contributed by atoms with Gasteiger partial charge in [-0.25, -0.2) is 4.79 Å². The summed E-state index contributed by atoms with van der Waals surface area (Å²) >= 11 is 3.49. The number of carbonyl (C=O) groups excluding carboxylic acids is 1. The van der Waals surface area contributed by atoms with E-state index in [1.165, 1.54) is 0 Å². The second kappa shape index (κ2) is 9.05. The molecule has 0 aromatic heterocycles. The minimum absolute atomic E-state index is 0.294. The van der Waals surface area contributed by atoms with Gasteiger partial charge in [-0.05, 0) is 45.0 Å². The molecule has 1 aromatic rings. The van der Waals surface area contributed by atoms with Crippen LogP contribution in [-0.2, 0) is 16.1 Å². The lowest BCUT2D eigenvalue weighted by Crippen LogP contribution is -2.30. The van der Waals surface area contributed by atoms with E-state index in [4.69, 9.17) is 9.47 Å². The van der Waals surface area contributed by atoms with E-state index in [0.29, 0.717) is 19.6 Å². The average Bonchev–Trinajstić information content (AvgIpc) is 2.42. The fourth-order valence-corrected chi connectivity index (χ4v) is 2.77.